The number of hydrogen-bond donors (Lipinski definition) is 0. The normalized spacial score (nSPS) is 19.7. The van der Waals surface area contributed by atoms with Gasteiger partial charge in [-0.1, -0.05) is 12.1 Å². The predicted molar refractivity (Wildman–Crippen MR) is 118 cm³/mol. The highest BCUT2D eigenvalue weighted by Gasteiger charge is 2.50. The molecule has 10 heteroatoms. The maximum atomic E-state index is 13.1. The highest BCUT2D eigenvalue weighted by atomic mass is 32.2. The molecule has 0 bridgehead atoms. The van der Waals surface area contributed by atoms with E-state index in [9.17, 15) is 28.4 Å². The molecule has 8 nitrogen and oxygen atoms in total. The van der Waals surface area contributed by atoms with Gasteiger partial charge in [-0.3, -0.25) is 24.1 Å². The van der Waals surface area contributed by atoms with E-state index in [1.54, 1.807) is 6.92 Å². The Morgan fingerprint density at radius 3 is 2.39 bits per heavy atom. The number of amides is 4. The molecule has 2 aromatic carbocycles. The third-order valence-electron chi connectivity index (χ3n) is 5.06. The summed E-state index contributed by atoms with van der Waals surface area (Å²) in [6.45, 7) is 1.88. The molecular weight excluding hydrogens is 451 g/mol. The standard InChI is InChI=1S/C23H17FN2O6S/c1-2-32-22(30)14-5-9-16(10-6-14)25-19(27)12-17(20(25)28)26-21(29)18(33-23(26)31)11-13-3-7-15(24)8-4-13/h3-11,17H,2,12H2,1H3/b18-11+/t17-/m0/s1. The van der Waals surface area contributed by atoms with E-state index in [4.69, 9.17) is 4.74 Å². The molecule has 2 aliphatic rings. The van der Waals surface area contributed by atoms with Crippen molar-refractivity contribution in [3.05, 3.63) is 70.4 Å². The molecule has 0 spiro atoms. The first-order valence-electron chi connectivity index (χ1n) is 9.96. The minimum absolute atomic E-state index is 0.0732. The minimum atomic E-state index is -1.27. The van der Waals surface area contributed by atoms with Crippen molar-refractivity contribution in [1.29, 1.82) is 0 Å². The smallest absolute Gasteiger partial charge is 0.338 e. The van der Waals surface area contributed by atoms with Gasteiger partial charge in [-0.2, -0.15) is 0 Å². The first kappa shape index (κ1) is 22.4. The molecule has 1 atom stereocenters. The van der Waals surface area contributed by atoms with E-state index >= 15 is 0 Å². The molecule has 0 saturated carbocycles. The predicted octanol–water partition coefficient (Wildman–Crippen LogP) is 3.37. The van der Waals surface area contributed by atoms with Crippen LogP contribution < -0.4 is 4.90 Å². The third-order valence-corrected chi connectivity index (χ3v) is 5.95. The van der Waals surface area contributed by atoms with E-state index < -0.39 is 40.8 Å². The molecule has 0 radical (unpaired) electrons. The fourth-order valence-electron chi connectivity index (χ4n) is 3.51. The number of benzene rings is 2. The number of anilines is 1. The van der Waals surface area contributed by atoms with Crippen LogP contribution in [0.3, 0.4) is 0 Å². The number of ether oxygens (including phenoxy) is 1. The average Bonchev–Trinajstić information content (AvgIpc) is 3.23. The fourth-order valence-corrected chi connectivity index (χ4v) is 4.39. The van der Waals surface area contributed by atoms with Crippen LogP contribution >= 0.6 is 11.8 Å². The summed E-state index contributed by atoms with van der Waals surface area (Å²) in [7, 11) is 0. The fraction of sp³-hybridized carbons (Fsp3) is 0.174. The van der Waals surface area contributed by atoms with Gasteiger partial charge < -0.3 is 4.74 Å². The van der Waals surface area contributed by atoms with E-state index in [-0.39, 0.29) is 29.2 Å². The van der Waals surface area contributed by atoms with E-state index in [2.05, 4.69) is 0 Å². The summed E-state index contributed by atoms with van der Waals surface area (Å²) in [4.78, 5) is 64.6. The summed E-state index contributed by atoms with van der Waals surface area (Å²) < 4.78 is 18.0. The lowest BCUT2D eigenvalue weighted by atomic mass is 10.2. The van der Waals surface area contributed by atoms with Gasteiger partial charge in [0.1, 0.15) is 11.9 Å². The summed E-state index contributed by atoms with van der Waals surface area (Å²) in [5.41, 5.74) is 0.988. The molecule has 33 heavy (non-hydrogen) atoms. The van der Waals surface area contributed by atoms with Gasteiger partial charge in [0.15, 0.2) is 0 Å². The maximum Gasteiger partial charge on any atom is 0.338 e. The van der Waals surface area contributed by atoms with Crippen molar-refractivity contribution in [2.75, 3.05) is 11.5 Å². The lowest BCUT2D eigenvalue weighted by molar-refractivity contribution is -0.130. The summed E-state index contributed by atoms with van der Waals surface area (Å²) >= 11 is 0.649. The van der Waals surface area contributed by atoms with Crippen molar-refractivity contribution in [1.82, 2.24) is 4.90 Å². The molecule has 2 fully saturated rings. The number of esters is 1. The number of halogens is 1. The summed E-state index contributed by atoms with van der Waals surface area (Å²) in [5, 5.41) is -0.668. The van der Waals surface area contributed by atoms with Crippen LogP contribution in [-0.2, 0) is 19.1 Å². The van der Waals surface area contributed by atoms with Crippen molar-refractivity contribution in [3.63, 3.8) is 0 Å². The molecule has 0 unspecified atom stereocenters. The maximum absolute atomic E-state index is 13.1. The Labute approximate surface area is 192 Å². The second-order valence-corrected chi connectivity index (χ2v) is 8.15. The van der Waals surface area contributed by atoms with Crippen LogP contribution in [-0.4, -0.2) is 46.5 Å². The van der Waals surface area contributed by atoms with Gasteiger partial charge in [-0.15, -0.1) is 0 Å². The molecule has 2 aromatic rings. The zero-order valence-electron chi connectivity index (χ0n) is 17.3. The number of imide groups is 2. The number of thioether (sulfide) groups is 1. The Kier molecular flexibility index (Phi) is 6.10. The Hall–Kier alpha value is -3.79. The van der Waals surface area contributed by atoms with Crippen molar-refractivity contribution in [2.45, 2.75) is 19.4 Å². The van der Waals surface area contributed by atoms with Crippen LogP contribution in [0.2, 0.25) is 0 Å². The Bertz CT molecular complexity index is 1190. The number of hydrogen-bond acceptors (Lipinski definition) is 7. The van der Waals surface area contributed by atoms with Crippen LogP contribution in [0.4, 0.5) is 14.9 Å². The number of carbonyl (C=O) groups is 5. The van der Waals surface area contributed by atoms with Crippen molar-refractivity contribution >= 4 is 52.5 Å². The van der Waals surface area contributed by atoms with Gasteiger partial charge in [0.2, 0.25) is 5.91 Å². The zero-order chi connectivity index (χ0) is 23.7. The van der Waals surface area contributed by atoms with Gasteiger partial charge in [0, 0.05) is 0 Å². The van der Waals surface area contributed by atoms with E-state index in [0.717, 1.165) is 9.80 Å². The number of carbonyl (C=O) groups excluding carboxylic acids is 5. The van der Waals surface area contributed by atoms with Gasteiger partial charge in [0.25, 0.3) is 17.1 Å². The lowest BCUT2D eigenvalue weighted by Crippen LogP contribution is -2.44. The second kappa shape index (κ2) is 8.99. The molecule has 4 amide bonds. The highest BCUT2D eigenvalue weighted by Crippen LogP contribution is 2.37. The van der Waals surface area contributed by atoms with E-state index in [1.807, 2.05) is 0 Å². The quantitative estimate of drug-likeness (QED) is 0.377. The molecule has 4 rings (SSSR count). The van der Waals surface area contributed by atoms with Gasteiger partial charge in [-0.25, -0.2) is 14.1 Å². The monoisotopic (exact) mass is 468 g/mol. The molecule has 2 saturated heterocycles. The number of rotatable bonds is 5. The Morgan fingerprint density at radius 2 is 1.76 bits per heavy atom. The molecule has 2 aliphatic heterocycles. The zero-order valence-corrected chi connectivity index (χ0v) is 18.1. The molecular formula is C23H17FN2O6S. The number of nitrogens with zero attached hydrogens (tertiary/aromatic N) is 2. The minimum Gasteiger partial charge on any atom is -0.462 e. The van der Waals surface area contributed by atoms with Crippen LogP contribution in [0.1, 0.15) is 29.3 Å². The summed E-state index contributed by atoms with van der Waals surface area (Å²) in [5.74, 6) is -2.96. The van der Waals surface area contributed by atoms with Gasteiger partial charge in [0.05, 0.1) is 29.2 Å². The van der Waals surface area contributed by atoms with E-state index in [0.29, 0.717) is 17.3 Å². The SMILES string of the molecule is CCOC(=O)c1ccc(N2C(=O)C[C@H](N3C(=O)S/C(=C/c4ccc(F)cc4)C3=O)C2=O)cc1. The van der Waals surface area contributed by atoms with Gasteiger partial charge in [-0.05, 0) is 66.7 Å². The summed E-state index contributed by atoms with van der Waals surface area (Å²) in [6, 6.07) is 9.78. The third kappa shape index (κ3) is 4.29. The average molecular weight is 468 g/mol. The molecule has 168 valence electrons. The second-order valence-electron chi connectivity index (χ2n) is 7.16. The Balaban J connectivity index is 1.54. The van der Waals surface area contributed by atoms with Gasteiger partial charge >= 0.3 is 5.97 Å². The Morgan fingerprint density at radius 1 is 1.09 bits per heavy atom. The van der Waals surface area contributed by atoms with Crippen LogP contribution in [0, 0.1) is 5.82 Å². The molecule has 0 aliphatic carbocycles. The van der Waals surface area contributed by atoms with Crippen LogP contribution in [0.5, 0.6) is 0 Å². The van der Waals surface area contributed by atoms with Crippen molar-refractivity contribution < 1.29 is 33.1 Å². The first-order valence-corrected chi connectivity index (χ1v) is 10.8. The van der Waals surface area contributed by atoms with Crippen LogP contribution in [0.15, 0.2) is 53.4 Å². The molecule has 2 heterocycles. The highest BCUT2D eigenvalue weighted by molar-refractivity contribution is 8.18. The lowest BCUT2D eigenvalue weighted by Gasteiger charge is -2.20. The topological polar surface area (TPSA) is 101 Å². The largest absolute Gasteiger partial charge is 0.462 e. The van der Waals surface area contributed by atoms with Crippen LogP contribution in [0.25, 0.3) is 6.08 Å². The first-order chi connectivity index (χ1) is 15.8. The van der Waals surface area contributed by atoms with E-state index in [1.165, 1.54) is 54.6 Å². The molecule has 0 N–H and O–H groups in total. The molecule has 0 aromatic heterocycles. The van der Waals surface area contributed by atoms with Crippen molar-refractivity contribution in [2.24, 2.45) is 0 Å². The van der Waals surface area contributed by atoms with Crippen molar-refractivity contribution in [3.8, 4) is 0 Å². The summed E-state index contributed by atoms with van der Waals surface area (Å²) in [6.07, 6.45) is 1.08.